The Morgan fingerprint density at radius 3 is 2.23 bits per heavy atom. The monoisotopic (exact) mass is 484 g/mol. The maximum Gasteiger partial charge on any atom is 0.163 e. The fourth-order valence-corrected chi connectivity index (χ4v) is 4.42. The van der Waals surface area contributed by atoms with Gasteiger partial charge in [0.1, 0.15) is 29.5 Å². The van der Waals surface area contributed by atoms with Crippen molar-refractivity contribution in [3.63, 3.8) is 0 Å². The summed E-state index contributed by atoms with van der Waals surface area (Å²) in [7, 11) is 1.42. The summed E-state index contributed by atoms with van der Waals surface area (Å²) in [4.78, 5) is 0. The van der Waals surface area contributed by atoms with Crippen LogP contribution in [-0.4, -0.2) is 56.6 Å². The fourth-order valence-electron chi connectivity index (χ4n) is 4.42. The predicted octanol–water partition coefficient (Wildman–Crippen LogP) is 2.21. The number of aromatic hydroxyl groups is 3. The molecule has 0 bridgehead atoms. The second-order valence-electron chi connectivity index (χ2n) is 8.37. The summed E-state index contributed by atoms with van der Waals surface area (Å²) in [5, 5.41) is 61.0. The number of aliphatic hydroxyl groups is 3. The average Bonchev–Trinajstić information content (AvgIpc) is 2.85. The van der Waals surface area contributed by atoms with Gasteiger partial charge in [0.25, 0.3) is 0 Å². The number of phenols is 3. The summed E-state index contributed by atoms with van der Waals surface area (Å²) in [6.45, 7) is -0.338. The Hall–Kier alpha value is -3.86. The van der Waals surface area contributed by atoms with Crippen LogP contribution in [0.2, 0.25) is 0 Å². The third kappa shape index (κ3) is 3.91. The normalized spacial score (nSPS) is 24.9. The zero-order valence-electron chi connectivity index (χ0n) is 18.5. The van der Waals surface area contributed by atoms with Gasteiger partial charge >= 0.3 is 0 Å². The first-order valence-corrected chi connectivity index (χ1v) is 10.8. The Balaban J connectivity index is 1.49. The van der Waals surface area contributed by atoms with Crippen LogP contribution >= 0.6 is 0 Å². The molecule has 5 rings (SSSR count). The third-order valence-corrected chi connectivity index (χ3v) is 6.17. The second-order valence-corrected chi connectivity index (χ2v) is 8.37. The highest BCUT2D eigenvalue weighted by Gasteiger charge is 2.40. The zero-order chi connectivity index (χ0) is 24.9. The number of aliphatic hydroxyl groups excluding tert-OH is 3. The number of fused-ring (bicyclic) bond motifs is 2. The third-order valence-electron chi connectivity index (χ3n) is 6.17. The average molecular weight is 484 g/mol. The summed E-state index contributed by atoms with van der Waals surface area (Å²) in [5.74, 6) is 0.239. The van der Waals surface area contributed by atoms with Crippen molar-refractivity contribution in [3.8, 4) is 40.2 Å². The molecule has 3 aromatic carbocycles. The quantitative estimate of drug-likeness (QED) is 0.324. The van der Waals surface area contributed by atoms with Crippen LogP contribution in [0, 0.1) is 0 Å². The van der Waals surface area contributed by atoms with E-state index in [1.54, 1.807) is 30.3 Å². The summed E-state index contributed by atoms with van der Waals surface area (Å²) < 4.78 is 23.1. The van der Waals surface area contributed by atoms with Crippen molar-refractivity contribution in [1.82, 2.24) is 0 Å². The molecule has 0 radical (unpaired) electrons. The van der Waals surface area contributed by atoms with Gasteiger partial charge in [0.15, 0.2) is 41.3 Å². The lowest BCUT2D eigenvalue weighted by molar-refractivity contribution is -0.0713. The first-order valence-electron chi connectivity index (χ1n) is 10.8. The molecule has 184 valence electrons. The van der Waals surface area contributed by atoms with Crippen molar-refractivity contribution in [2.75, 3.05) is 13.7 Å². The van der Waals surface area contributed by atoms with E-state index in [2.05, 4.69) is 0 Å². The largest absolute Gasteiger partial charge is 0.508 e. The number of methoxy groups -OCH3 is 1. The van der Waals surface area contributed by atoms with E-state index in [-0.39, 0.29) is 35.2 Å². The molecule has 6 N–H and O–H groups in total. The molecular weight excluding hydrogens is 460 g/mol. The summed E-state index contributed by atoms with van der Waals surface area (Å²) in [6.07, 6.45) is -5.42. The Bertz CT molecular complexity index is 1260. The highest BCUT2D eigenvalue weighted by atomic mass is 16.6. The number of phenolic OH excluding ortho intramolecular Hbond substituents is 3. The van der Waals surface area contributed by atoms with Gasteiger partial charge in [-0.25, -0.2) is 0 Å². The molecule has 2 aliphatic heterocycles. The van der Waals surface area contributed by atoms with Gasteiger partial charge in [-0.2, -0.15) is 0 Å². The first kappa shape index (κ1) is 22.9. The van der Waals surface area contributed by atoms with Crippen LogP contribution in [0.4, 0.5) is 0 Å². The lowest BCUT2D eigenvalue weighted by Gasteiger charge is -2.36. The molecule has 0 spiro atoms. The van der Waals surface area contributed by atoms with Crippen LogP contribution in [0.1, 0.15) is 35.0 Å². The lowest BCUT2D eigenvalue weighted by Crippen LogP contribution is -2.36. The fraction of sp³-hybridized carbons (Fsp3) is 0.280. The van der Waals surface area contributed by atoms with Gasteiger partial charge in [0.05, 0.1) is 19.3 Å². The number of hydrogen-bond donors (Lipinski definition) is 6. The van der Waals surface area contributed by atoms with Crippen molar-refractivity contribution in [3.05, 3.63) is 65.2 Å². The maximum atomic E-state index is 10.7. The smallest absolute Gasteiger partial charge is 0.163 e. The number of rotatable bonds is 4. The molecule has 0 aromatic heterocycles. The van der Waals surface area contributed by atoms with Crippen molar-refractivity contribution < 1.29 is 49.6 Å². The molecule has 5 atom stereocenters. The van der Waals surface area contributed by atoms with Gasteiger partial charge in [-0.15, -0.1) is 0 Å². The van der Waals surface area contributed by atoms with Gasteiger partial charge in [-0.05, 0) is 29.8 Å². The lowest BCUT2D eigenvalue weighted by atomic mass is 9.91. The Kier molecular flexibility index (Phi) is 5.72. The Labute approximate surface area is 199 Å². The van der Waals surface area contributed by atoms with Crippen LogP contribution < -0.4 is 18.9 Å². The predicted molar refractivity (Wildman–Crippen MR) is 120 cm³/mol. The SMILES string of the molecule is COc1cc([C@H]2Oc3cc([C@H]4Oc5cc(O)cc(O)c5C(O)[C@@H]4O)ccc3OC2CO)ccc1O. The molecule has 10 nitrogen and oxygen atoms in total. The van der Waals surface area contributed by atoms with Crippen LogP contribution in [0.5, 0.6) is 40.2 Å². The van der Waals surface area contributed by atoms with Crippen molar-refractivity contribution in [2.45, 2.75) is 30.5 Å². The van der Waals surface area contributed by atoms with Gasteiger partial charge in [-0.1, -0.05) is 12.1 Å². The van der Waals surface area contributed by atoms with Crippen molar-refractivity contribution in [1.29, 1.82) is 0 Å². The highest BCUT2D eigenvalue weighted by Crippen LogP contribution is 2.48. The molecule has 35 heavy (non-hydrogen) atoms. The minimum atomic E-state index is -1.46. The van der Waals surface area contributed by atoms with Crippen LogP contribution in [0.3, 0.4) is 0 Å². The molecule has 0 amide bonds. The number of hydrogen-bond acceptors (Lipinski definition) is 10. The molecule has 10 heteroatoms. The van der Waals surface area contributed by atoms with Gasteiger partial charge in [-0.3, -0.25) is 0 Å². The van der Waals surface area contributed by atoms with Crippen LogP contribution in [0.15, 0.2) is 48.5 Å². The van der Waals surface area contributed by atoms with Gasteiger partial charge in [0.2, 0.25) is 0 Å². The number of benzene rings is 3. The number of ether oxygens (including phenoxy) is 4. The van der Waals surface area contributed by atoms with E-state index in [4.69, 9.17) is 18.9 Å². The van der Waals surface area contributed by atoms with Crippen LogP contribution in [0.25, 0.3) is 0 Å². The molecular formula is C25H24O10. The highest BCUT2D eigenvalue weighted by molar-refractivity contribution is 5.54. The molecule has 0 aliphatic carbocycles. The van der Waals surface area contributed by atoms with E-state index in [1.807, 2.05) is 0 Å². The van der Waals surface area contributed by atoms with Crippen molar-refractivity contribution in [2.24, 2.45) is 0 Å². The molecule has 0 saturated heterocycles. The maximum absolute atomic E-state index is 10.7. The zero-order valence-corrected chi connectivity index (χ0v) is 18.5. The first-order chi connectivity index (χ1) is 16.8. The van der Waals surface area contributed by atoms with E-state index >= 15 is 0 Å². The topological polar surface area (TPSA) is 158 Å². The molecule has 2 unspecified atom stereocenters. The van der Waals surface area contributed by atoms with E-state index < -0.39 is 36.3 Å². The van der Waals surface area contributed by atoms with E-state index in [9.17, 15) is 30.6 Å². The van der Waals surface area contributed by atoms with Crippen molar-refractivity contribution >= 4 is 0 Å². The standard InChI is InChI=1S/C25H24O10/c1-32-17-6-11(2-4-14(17)28)24-20(10-26)33-16-5-3-12(7-18(16)34-24)25-23(31)22(30)21-15(29)8-13(27)9-19(21)35-25/h2-9,20,22-31H,10H2,1H3/t20?,22?,23-,24+,25+/m0/s1. The van der Waals surface area contributed by atoms with E-state index in [1.165, 1.54) is 19.2 Å². The minimum absolute atomic E-state index is 0.0174. The van der Waals surface area contributed by atoms with Crippen LogP contribution in [-0.2, 0) is 0 Å². The molecule has 2 aliphatic rings. The summed E-state index contributed by atoms with van der Waals surface area (Å²) in [5.41, 5.74) is 1.02. The molecule has 0 fully saturated rings. The van der Waals surface area contributed by atoms with E-state index in [0.29, 0.717) is 22.6 Å². The molecule has 2 heterocycles. The molecule has 0 saturated carbocycles. The second kappa shape index (κ2) is 8.73. The Morgan fingerprint density at radius 1 is 0.771 bits per heavy atom. The Morgan fingerprint density at radius 2 is 1.49 bits per heavy atom. The summed E-state index contributed by atoms with van der Waals surface area (Å²) in [6, 6.07) is 11.8. The minimum Gasteiger partial charge on any atom is -0.508 e. The summed E-state index contributed by atoms with van der Waals surface area (Å²) >= 11 is 0. The van der Waals surface area contributed by atoms with Gasteiger partial charge in [0, 0.05) is 17.7 Å². The van der Waals surface area contributed by atoms with E-state index in [0.717, 1.165) is 6.07 Å². The molecule has 3 aromatic rings. The van der Waals surface area contributed by atoms with Gasteiger partial charge < -0.3 is 49.6 Å².